The first-order valence-electron chi connectivity index (χ1n) is 7.17. The number of likely N-dealkylation sites (N-methyl/N-ethyl adjacent to an activating group) is 1. The molecular weight excluding hydrogens is 222 g/mol. The van der Waals surface area contributed by atoms with Gasteiger partial charge in [-0.25, -0.2) is 0 Å². The van der Waals surface area contributed by atoms with E-state index >= 15 is 0 Å². The third-order valence-corrected chi connectivity index (χ3v) is 3.18. The topological polar surface area (TPSA) is 21.3 Å². The Morgan fingerprint density at radius 3 is 2.61 bits per heavy atom. The van der Waals surface area contributed by atoms with Gasteiger partial charge in [0.1, 0.15) is 0 Å². The molecule has 0 aromatic heterocycles. The highest BCUT2D eigenvalue weighted by Gasteiger charge is 2.13. The summed E-state index contributed by atoms with van der Waals surface area (Å²) in [7, 11) is 0. The van der Waals surface area contributed by atoms with E-state index in [1.807, 2.05) is 0 Å². The standard InChI is InChI=1S/C16H27NO/c1-4-6-9-12-18-16(13-17-5-2)15-11-8-7-10-14(15)3/h7-8,10-11,16-17H,4-6,9,12-13H2,1-3H3. The van der Waals surface area contributed by atoms with Gasteiger partial charge in [0.15, 0.2) is 0 Å². The van der Waals surface area contributed by atoms with Crippen LogP contribution in [0.4, 0.5) is 0 Å². The fourth-order valence-electron chi connectivity index (χ4n) is 2.06. The van der Waals surface area contributed by atoms with Gasteiger partial charge in [-0.15, -0.1) is 0 Å². The first-order chi connectivity index (χ1) is 8.79. The van der Waals surface area contributed by atoms with Crippen molar-refractivity contribution in [3.63, 3.8) is 0 Å². The summed E-state index contributed by atoms with van der Waals surface area (Å²) >= 11 is 0. The molecule has 0 bridgehead atoms. The molecule has 0 saturated heterocycles. The van der Waals surface area contributed by atoms with Crippen LogP contribution in [-0.2, 0) is 4.74 Å². The van der Waals surface area contributed by atoms with E-state index in [1.165, 1.54) is 24.0 Å². The molecule has 1 aromatic carbocycles. The summed E-state index contributed by atoms with van der Waals surface area (Å²) < 4.78 is 6.05. The predicted molar refractivity (Wildman–Crippen MR) is 77.9 cm³/mol. The van der Waals surface area contributed by atoms with Crippen molar-refractivity contribution in [1.29, 1.82) is 0 Å². The number of hydrogen-bond donors (Lipinski definition) is 1. The lowest BCUT2D eigenvalue weighted by molar-refractivity contribution is 0.0500. The van der Waals surface area contributed by atoms with Crippen LogP contribution in [0, 0.1) is 6.92 Å². The maximum Gasteiger partial charge on any atom is 0.0951 e. The van der Waals surface area contributed by atoms with E-state index in [-0.39, 0.29) is 6.10 Å². The van der Waals surface area contributed by atoms with Gasteiger partial charge in [-0.1, -0.05) is 51.0 Å². The van der Waals surface area contributed by atoms with E-state index in [0.717, 1.165) is 26.1 Å². The third kappa shape index (κ3) is 5.19. The first-order valence-corrected chi connectivity index (χ1v) is 7.17. The predicted octanol–water partition coefficient (Wildman–Crippen LogP) is 3.85. The Balaban J connectivity index is 2.57. The van der Waals surface area contributed by atoms with Crippen LogP contribution in [0.1, 0.15) is 50.3 Å². The molecule has 1 aromatic rings. The van der Waals surface area contributed by atoms with Gasteiger partial charge in [-0.3, -0.25) is 0 Å². The van der Waals surface area contributed by atoms with Gasteiger partial charge in [-0.2, -0.15) is 0 Å². The van der Waals surface area contributed by atoms with Crippen molar-refractivity contribution in [2.75, 3.05) is 19.7 Å². The summed E-state index contributed by atoms with van der Waals surface area (Å²) in [6.07, 6.45) is 3.83. The summed E-state index contributed by atoms with van der Waals surface area (Å²) in [6.45, 7) is 9.25. The fraction of sp³-hybridized carbons (Fsp3) is 0.625. The molecule has 1 rings (SSSR count). The van der Waals surface area contributed by atoms with Crippen molar-refractivity contribution in [1.82, 2.24) is 5.32 Å². The summed E-state index contributed by atoms with van der Waals surface area (Å²) in [5.41, 5.74) is 2.63. The molecule has 0 heterocycles. The minimum Gasteiger partial charge on any atom is -0.372 e. The molecule has 2 nitrogen and oxygen atoms in total. The van der Waals surface area contributed by atoms with Gasteiger partial charge < -0.3 is 10.1 Å². The average molecular weight is 249 g/mol. The van der Waals surface area contributed by atoms with Gasteiger partial charge >= 0.3 is 0 Å². The number of nitrogens with one attached hydrogen (secondary N) is 1. The van der Waals surface area contributed by atoms with E-state index < -0.39 is 0 Å². The van der Waals surface area contributed by atoms with Crippen LogP contribution < -0.4 is 5.32 Å². The summed E-state index contributed by atoms with van der Waals surface area (Å²) in [5.74, 6) is 0. The molecule has 1 atom stereocenters. The fourth-order valence-corrected chi connectivity index (χ4v) is 2.06. The van der Waals surface area contributed by atoms with E-state index in [0.29, 0.717) is 0 Å². The molecule has 0 aliphatic carbocycles. The highest BCUT2D eigenvalue weighted by Crippen LogP contribution is 2.20. The lowest BCUT2D eigenvalue weighted by Gasteiger charge is -2.20. The molecule has 1 unspecified atom stereocenters. The van der Waals surface area contributed by atoms with Crippen molar-refractivity contribution in [3.8, 4) is 0 Å². The second-order valence-corrected chi connectivity index (χ2v) is 4.73. The minimum absolute atomic E-state index is 0.183. The van der Waals surface area contributed by atoms with Crippen LogP contribution in [-0.4, -0.2) is 19.7 Å². The second-order valence-electron chi connectivity index (χ2n) is 4.73. The van der Waals surface area contributed by atoms with Gasteiger partial charge in [0, 0.05) is 13.2 Å². The summed E-state index contributed by atoms with van der Waals surface area (Å²) in [5, 5.41) is 3.39. The van der Waals surface area contributed by atoms with Crippen molar-refractivity contribution >= 4 is 0 Å². The number of aryl methyl sites for hydroxylation is 1. The van der Waals surface area contributed by atoms with Gasteiger partial charge in [0.25, 0.3) is 0 Å². The Morgan fingerprint density at radius 1 is 1.17 bits per heavy atom. The largest absolute Gasteiger partial charge is 0.372 e. The van der Waals surface area contributed by atoms with Gasteiger partial charge in [0.05, 0.1) is 6.10 Å². The molecule has 0 aliphatic heterocycles. The zero-order chi connectivity index (χ0) is 13.2. The molecule has 18 heavy (non-hydrogen) atoms. The molecular formula is C16H27NO. The SMILES string of the molecule is CCCCCOC(CNCC)c1ccccc1C. The number of benzene rings is 1. The number of rotatable bonds is 9. The van der Waals surface area contributed by atoms with Crippen LogP contribution in [0.25, 0.3) is 0 Å². The van der Waals surface area contributed by atoms with Crippen molar-refractivity contribution < 1.29 is 4.74 Å². The maximum atomic E-state index is 6.05. The lowest BCUT2D eigenvalue weighted by atomic mass is 10.0. The Hall–Kier alpha value is -0.860. The quantitative estimate of drug-likeness (QED) is 0.671. The Labute approximate surface area is 112 Å². The van der Waals surface area contributed by atoms with Crippen molar-refractivity contribution in [3.05, 3.63) is 35.4 Å². The summed E-state index contributed by atoms with van der Waals surface area (Å²) in [4.78, 5) is 0. The average Bonchev–Trinajstić information content (AvgIpc) is 2.39. The number of unbranched alkanes of at least 4 members (excludes halogenated alkanes) is 2. The molecule has 102 valence electrons. The van der Waals surface area contributed by atoms with Crippen LogP contribution in [0.15, 0.2) is 24.3 Å². The molecule has 0 spiro atoms. The normalized spacial score (nSPS) is 12.6. The van der Waals surface area contributed by atoms with E-state index in [1.54, 1.807) is 0 Å². The van der Waals surface area contributed by atoms with Gasteiger partial charge in [-0.05, 0) is 31.0 Å². The van der Waals surface area contributed by atoms with Crippen LogP contribution in [0.2, 0.25) is 0 Å². The smallest absolute Gasteiger partial charge is 0.0951 e. The minimum atomic E-state index is 0.183. The third-order valence-electron chi connectivity index (χ3n) is 3.18. The molecule has 0 radical (unpaired) electrons. The summed E-state index contributed by atoms with van der Waals surface area (Å²) in [6, 6.07) is 8.51. The molecule has 0 amide bonds. The van der Waals surface area contributed by atoms with Crippen molar-refractivity contribution in [2.45, 2.75) is 46.1 Å². The van der Waals surface area contributed by atoms with E-state index in [4.69, 9.17) is 4.74 Å². The van der Waals surface area contributed by atoms with Gasteiger partial charge in [0.2, 0.25) is 0 Å². The van der Waals surface area contributed by atoms with Crippen LogP contribution >= 0.6 is 0 Å². The molecule has 1 N–H and O–H groups in total. The number of hydrogen-bond acceptors (Lipinski definition) is 2. The second kappa shape index (κ2) is 9.12. The Bertz CT molecular complexity index is 325. The van der Waals surface area contributed by atoms with Crippen molar-refractivity contribution in [2.24, 2.45) is 0 Å². The number of ether oxygens (including phenoxy) is 1. The van der Waals surface area contributed by atoms with E-state index in [2.05, 4.69) is 50.4 Å². The first kappa shape index (κ1) is 15.2. The maximum absolute atomic E-state index is 6.05. The molecule has 0 saturated carbocycles. The Morgan fingerprint density at radius 2 is 1.94 bits per heavy atom. The lowest BCUT2D eigenvalue weighted by Crippen LogP contribution is -2.24. The molecule has 0 aliphatic rings. The highest BCUT2D eigenvalue weighted by molar-refractivity contribution is 5.28. The highest BCUT2D eigenvalue weighted by atomic mass is 16.5. The monoisotopic (exact) mass is 249 g/mol. The zero-order valence-corrected chi connectivity index (χ0v) is 12.0. The zero-order valence-electron chi connectivity index (χ0n) is 12.0. The van der Waals surface area contributed by atoms with Crippen LogP contribution in [0.3, 0.4) is 0 Å². The van der Waals surface area contributed by atoms with Crippen LogP contribution in [0.5, 0.6) is 0 Å². The Kier molecular flexibility index (Phi) is 7.70. The van der Waals surface area contributed by atoms with E-state index in [9.17, 15) is 0 Å². The molecule has 2 heteroatoms. The molecule has 0 fully saturated rings.